The SMILES string of the molecule is CCCn1c(C2(CN)CCCC2)nc2cc(F)ccc21. The lowest BCUT2D eigenvalue weighted by atomic mass is 9.85. The molecular formula is C16H22FN3. The number of hydrogen-bond donors (Lipinski definition) is 1. The first-order chi connectivity index (χ1) is 9.70. The van der Waals surface area contributed by atoms with Crippen LogP contribution in [0, 0.1) is 5.82 Å². The fourth-order valence-electron chi connectivity index (χ4n) is 3.53. The van der Waals surface area contributed by atoms with Crippen LogP contribution in [0.4, 0.5) is 4.39 Å². The van der Waals surface area contributed by atoms with E-state index in [1.165, 1.54) is 25.0 Å². The molecule has 0 saturated heterocycles. The molecule has 0 radical (unpaired) electrons. The number of imidazole rings is 1. The molecule has 2 aromatic rings. The fraction of sp³-hybridized carbons (Fsp3) is 0.562. The summed E-state index contributed by atoms with van der Waals surface area (Å²) in [7, 11) is 0. The number of aromatic nitrogens is 2. The van der Waals surface area contributed by atoms with Crippen LogP contribution in [0.25, 0.3) is 11.0 Å². The van der Waals surface area contributed by atoms with Crippen molar-refractivity contribution in [2.24, 2.45) is 5.73 Å². The number of benzene rings is 1. The summed E-state index contributed by atoms with van der Waals surface area (Å²) in [4.78, 5) is 4.76. The molecule has 3 rings (SSSR count). The van der Waals surface area contributed by atoms with Crippen LogP contribution in [0.5, 0.6) is 0 Å². The van der Waals surface area contributed by atoms with Crippen molar-refractivity contribution in [3.05, 3.63) is 29.8 Å². The van der Waals surface area contributed by atoms with E-state index in [0.717, 1.165) is 42.7 Å². The summed E-state index contributed by atoms with van der Waals surface area (Å²) in [5.41, 5.74) is 7.87. The molecule has 1 aliphatic carbocycles. The zero-order valence-corrected chi connectivity index (χ0v) is 12.0. The Labute approximate surface area is 119 Å². The predicted molar refractivity (Wildman–Crippen MR) is 79.2 cm³/mol. The molecule has 1 aliphatic rings. The fourth-order valence-corrected chi connectivity index (χ4v) is 3.53. The van der Waals surface area contributed by atoms with Gasteiger partial charge in [-0.3, -0.25) is 0 Å². The minimum atomic E-state index is -0.224. The first-order valence-electron chi connectivity index (χ1n) is 7.56. The van der Waals surface area contributed by atoms with Crippen molar-refractivity contribution in [1.29, 1.82) is 0 Å². The Hall–Kier alpha value is -1.42. The highest BCUT2D eigenvalue weighted by Crippen LogP contribution is 2.41. The molecule has 1 heterocycles. The molecule has 4 heteroatoms. The number of fused-ring (bicyclic) bond motifs is 1. The second-order valence-electron chi connectivity index (χ2n) is 5.91. The Balaban J connectivity index is 2.20. The van der Waals surface area contributed by atoms with E-state index in [-0.39, 0.29) is 11.2 Å². The van der Waals surface area contributed by atoms with Crippen molar-refractivity contribution in [2.45, 2.75) is 51.0 Å². The van der Waals surface area contributed by atoms with Crippen molar-refractivity contribution in [1.82, 2.24) is 9.55 Å². The van der Waals surface area contributed by atoms with Gasteiger partial charge >= 0.3 is 0 Å². The number of aryl methyl sites for hydroxylation is 1. The third kappa shape index (κ3) is 2.03. The van der Waals surface area contributed by atoms with E-state index in [1.54, 1.807) is 0 Å². The summed E-state index contributed by atoms with van der Waals surface area (Å²) in [5.74, 6) is 0.846. The van der Waals surface area contributed by atoms with E-state index in [2.05, 4.69) is 11.5 Å². The predicted octanol–water partition coefficient (Wildman–Crippen LogP) is 3.36. The molecule has 3 nitrogen and oxygen atoms in total. The maximum absolute atomic E-state index is 13.4. The summed E-state index contributed by atoms with van der Waals surface area (Å²) in [6.45, 7) is 3.70. The Morgan fingerprint density at radius 2 is 2.10 bits per heavy atom. The Kier molecular flexibility index (Phi) is 3.50. The third-order valence-electron chi connectivity index (χ3n) is 4.58. The average molecular weight is 275 g/mol. The Bertz CT molecular complexity index is 611. The normalized spacial score (nSPS) is 17.9. The van der Waals surface area contributed by atoms with Gasteiger partial charge in [0.25, 0.3) is 0 Å². The highest BCUT2D eigenvalue weighted by molar-refractivity contribution is 5.76. The minimum absolute atomic E-state index is 0.00926. The molecule has 0 bridgehead atoms. The lowest BCUT2D eigenvalue weighted by Crippen LogP contribution is -2.35. The van der Waals surface area contributed by atoms with Crippen LogP contribution in [0.15, 0.2) is 18.2 Å². The zero-order valence-electron chi connectivity index (χ0n) is 12.0. The molecule has 2 N–H and O–H groups in total. The highest BCUT2D eigenvalue weighted by atomic mass is 19.1. The van der Waals surface area contributed by atoms with Crippen LogP contribution in [0.3, 0.4) is 0 Å². The molecule has 0 atom stereocenters. The molecule has 1 aromatic heterocycles. The number of nitrogens with two attached hydrogens (primary N) is 1. The van der Waals surface area contributed by atoms with Gasteiger partial charge in [-0.25, -0.2) is 9.37 Å². The average Bonchev–Trinajstić information content (AvgIpc) is 3.05. The maximum Gasteiger partial charge on any atom is 0.125 e. The van der Waals surface area contributed by atoms with Gasteiger partial charge in [0.2, 0.25) is 0 Å². The molecule has 0 aliphatic heterocycles. The summed E-state index contributed by atoms with van der Waals surface area (Å²) >= 11 is 0. The smallest absolute Gasteiger partial charge is 0.125 e. The van der Waals surface area contributed by atoms with Gasteiger partial charge in [-0.05, 0) is 31.4 Å². The van der Waals surface area contributed by atoms with Crippen molar-refractivity contribution in [3.63, 3.8) is 0 Å². The number of nitrogens with zero attached hydrogens (tertiary/aromatic N) is 2. The van der Waals surface area contributed by atoms with Crippen molar-refractivity contribution < 1.29 is 4.39 Å². The van der Waals surface area contributed by atoms with Gasteiger partial charge in [0.05, 0.1) is 11.0 Å². The molecule has 108 valence electrons. The van der Waals surface area contributed by atoms with Crippen molar-refractivity contribution in [2.75, 3.05) is 6.54 Å². The molecule has 20 heavy (non-hydrogen) atoms. The van der Waals surface area contributed by atoms with E-state index in [1.807, 2.05) is 6.07 Å². The lowest BCUT2D eigenvalue weighted by Gasteiger charge is -2.27. The molecule has 1 fully saturated rings. The first kappa shape index (κ1) is 13.6. The van der Waals surface area contributed by atoms with Gasteiger partial charge in [-0.2, -0.15) is 0 Å². The molecule has 0 spiro atoms. The Morgan fingerprint density at radius 1 is 1.35 bits per heavy atom. The summed E-state index contributed by atoms with van der Waals surface area (Å²) in [6, 6.07) is 4.89. The van der Waals surface area contributed by atoms with Gasteiger partial charge in [-0.15, -0.1) is 0 Å². The van der Waals surface area contributed by atoms with E-state index in [0.29, 0.717) is 6.54 Å². The lowest BCUT2D eigenvalue weighted by molar-refractivity contribution is 0.404. The van der Waals surface area contributed by atoms with Crippen LogP contribution in [-0.4, -0.2) is 16.1 Å². The van der Waals surface area contributed by atoms with Crippen LogP contribution in [-0.2, 0) is 12.0 Å². The van der Waals surface area contributed by atoms with Gasteiger partial charge in [0.1, 0.15) is 11.6 Å². The number of halogens is 1. The van der Waals surface area contributed by atoms with E-state index in [4.69, 9.17) is 10.7 Å². The van der Waals surface area contributed by atoms with Crippen LogP contribution in [0.2, 0.25) is 0 Å². The number of hydrogen-bond acceptors (Lipinski definition) is 2. The molecule has 1 saturated carbocycles. The summed E-state index contributed by atoms with van der Waals surface area (Å²) < 4.78 is 15.7. The summed E-state index contributed by atoms with van der Waals surface area (Å²) in [6.07, 6.45) is 5.65. The standard InChI is InChI=1S/C16H22FN3/c1-2-9-20-14-6-5-12(17)10-13(14)19-15(20)16(11-18)7-3-4-8-16/h5-6,10H,2-4,7-9,11,18H2,1H3. The van der Waals surface area contributed by atoms with Gasteiger partial charge in [-0.1, -0.05) is 19.8 Å². The van der Waals surface area contributed by atoms with Crippen LogP contribution < -0.4 is 5.73 Å². The van der Waals surface area contributed by atoms with Gasteiger partial charge in [0.15, 0.2) is 0 Å². The minimum Gasteiger partial charge on any atom is -0.329 e. The van der Waals surface area contributed by atoms with Crippen molar-refractivity contribution >= 4 is 11.0 Å². The largest absolute Gasteiger partial charge is 0.329 e. The van der Waals surface area contributed by atoms with Crippen LogP contribution >= 0.6 is 0 Å². The Morgan fingerprint density at radius 3 is 2.75 bits per heavy atom. The van der Waals surface area contributed by atoms with E-state index in [9.17, 15) is 4.39 Å². The zero-order chi connectivity index (χ0) is 14.2. The quantitative estimate of drug-likeness (QED) is 0.930. The third-order valence-corrected chi connectivity index (χ3v) is 4.58. The van der Waals surface area contributed by atoms with E-state index < -0.39 is 0 Å². The topological polar surface area (TPSA) is 43.8 Å². The van der Waals surface area contributed by atoms with Crippen LogP contribution in [0.1, 0.15) is 44.9 Å². The maximum atomic E-state index is 13.4. The van der Waals surface area contributed by atoms with E-state index >= 15 is 0 Å². The highest BCUT2D eigenvalue weighted by Gasteiger charge is 2.38. The molecule has 0 amide bonds. The molecule has 0 unspecified atom stereocenters. The van der Waals surface area contributed by atoms with Gasteiger partial charge < -0.3 is 10.3 Å². The summed E-state index contributed by atoms with van der Waals surface area (Å²) in [5, 5.41) is 0. The molecular weight excluding hydrogens is 253 g/mol. The van der Waals surface area contributed by atoms with Crippen molar-refractivity contribution in [3.8, 4) is 0 Å². The second-order valence-corrected chi connectivity index (χ2v) is 5.91. The number of rotatable bonds is 4. The monoisotopic (exact) mass is 275 g/mol. The molecule has 1 aromatic carbocycles. The van der Waals surface area contributed by atoms with Gasteiger partial charge in [0, 0.05) is 24.6 Å². The second kappa shape index (κ2) is 5.17. The first-order valence-corrected chi connectivity index (χ1v) is 7.56.